The standard InChI is InChI=1S/C13H15N3O2S2/c1-3-11-14-15-13(20-8-12(17)18)16(11)9-4-6-10(19-2)7-5-9/h4-7H,3,8H2,1-2H3,(H,17,18). The molecule has 1 aromatic carbocycles. The Morgan fingerprint density at radius 3 is 2.55 bits per heavy atom. The molecule has 1 aromatic heterocycles. The molecule has 106 valence electrons. The van der Waals surface area contributed by atoms with Crippen LogP contribution in [0.25, 0.3) is 5.69 Å². The van der Waals surface area contributed by atoms with E-state index in [4.69, 9.17) is 5.11 Å². The van der Waals surface area contributed by atoms with E-state index in [1.807, 2.05) is 42.0 Å². The molecule has 0 atom stereocenters. The van der Waals surface area contributed by atoms with Crippen molar-refractivity contribution in [2.24, 2.45) is 0 Å². The molecule has 0 bridgehead atoms. The number of carbonyl (C=O) groups is 1. The first-order chi connectivity index (χ1) is 9.65. The summed E-state index contributed by atoms with van der Waals surface area (Å²) < 4.78 is 1.91. The van der Waals surface area contributed by atoms with Crippen LogP contribution >= 0.6 is 23.5 Å². The number of aromatic nitrogens is 3. The van der Waals surface area contributed by atoms with E-state index in [2.05, 4.69) is 10.2 Å². The van der Waals surface area contributed by atoms with Gasteiger partial charge in [0.25, 0.3) is 0 Å². The maximum atomic E-state index is 10.7. The zero-order valence-electron chi connectivity index (χ0n) is 11.2. The zero-order valence-corrected chi connectivity index (χ0v) is 12.9. The van der Waals surface area contributed by atoms with Crippen LogP contribution in [0.4, 0.5) is 0 Å². The van der Waals surface area contributed by atoms with Crippen molar-refractivity contribution in [1.29, 1.82) is 0 Å². The number of carboxylic acids is 1. The molecule has 1 N–H and O–H groups in total. The lowest BCUT2D eigenvalue weighted by molar-refractivity contribution is -0.133. The molecule has 0 amide bonds. The van der Waals surface area contributed by atoms with Crippen LogP contribution in [0.3, 0.4) is 0 Å². The average molecular weight is 309 g/mol. The summed E-state index contributed by atoms with van der Waals surface area (Å²) in [6.45, 7) is 2.00. The molecule has 0 fully saturated rings. The SMILES string of the molecule is CCc1nnc(SCC(=O)O)n1-c1ccc(SC)cc1. The fourth-order valence-corrected chi connectivity index (χ4v) is 2.84. The highest BCUT2D eigenvalue weighted by atomic mass is 32.2. The second-order valence-electron chi connectivity index (χ2n) is 3.97. The molecular formula is C13H15N3O2S2. The second kappa shape index (κ2) is 6.81. The minimum Gasteiger partial charge on any atom is -0.481 e. The summed E-state index contributed by atoms with van der Waals surface area (Å²) in [7, 11) is 0. The normalized spacial score (nSPS) is 10.7. The van der Waals surface area contributed by atoms with Crippen LogP contribution in [-0.2, 0) is 11.2 Å². The van der Waals surface area contributed by atoms with E-state index < -0.39 is 5.97 Å². The Balaban J connectivity index is 2.36. The van der Waals surface area contributed by atoms with Gasteiger partial charge in [-0.05, 0) is 30.5 Å². The number of rotatable bonds is 6. The number of carboxylic acid groups (broad SMARTS) is 1. The molecule has 0 aliphatic carbocycles. The van der Waals surface area contributed by atoms with E-state index in [0.717, 1.165) is 17.9 Å². The maximum absolute atomic E-state index is 10.7. The van der Waals surface area contributed by atoms with E-state index in [9.17, 15) is 4.79 Å². The minimum atomic E-state index is -0.861. The van der Waals surface area contributed by atoms with Crippen LogP contribution in [0.2, 0.25) is 0 Å². The van der Waals surface area contributed by atoms with Gasteiger partial charge in [-0.1, -0.05) is 18.7 Å². The molecule has 0 saturated carbocycles. The number of aryl methyl sites for hydroxylation is 1. The molecule has 0 unspecified atom stereocenters. The van der Waals surface area contributed by atoms with Gasteiger partial charge in [-0.25, -0.2) is 0 Å². The van der Waals surface area contributed by atoms with Crippen LogP contribution in [-0.4, -0.2) is 37.8 Å². The molecule has 5 nitrogen and oxygen atoms in total. The summed E-state index contributed by atoms with van der Waals surface area (Å²) in [5.41, 5.74) is 0.956. The van der Waals surface area contributed by atoms with Gasteiger partial charge in [-0.2, -0.15) is 0 Å². The summed E-state index contributed by atoms with van der Waals surface area (Å²) >= 11 is 2.86. The van der Waals surface area contributed by atoms with Crippen molar-refractivity contribution in [2.75, 3.05) is 12.0 Å². The van der Waals surface area contributed by atoms with Crippen LogP contribution in [0, 0.1) is 0 Å². The predicted molar refractivity (Wildman–Crippen MR) is 80.9 cm³/mol. The first-order valence-corrected chi connectivity index (χ1v) is 8.30. The summed E-state index contributed by atoms with van der Waals surface area (Å²) in [6, 6.07) is 8.06. The van der Waals surface area contributed by atoms with E-state index >= 15 is 0 Å². The fourth-order valence-electron chi connectivity index (χ4n) is 1.74. The molecule has 0 aliphatic rings. The second-order valence-corrected chi connectivity index (χ2v) is 5.79. The van der Waals surface area contributed by atoms with Crippen molar-refractivity contribution >= 4 is 29.5 Å². The number of nitrogens with zero attached hydrogens (tertiary/aromatic N) is 3. The lowest BCUT2D eigenvalue weighted by Crippen LogP contribution is -2.04. The Bertz CT molecular complexity index is 596. The molecule has 0 aliphatic heterocycles. The van der Waals surface area contributed by atoms with E-state index in [1.165, 1.54) is 16.7 Å². The Kier molecular flexibility index (Phi) is 5.08. The molecule has 0 spiro atoms. The topological polar surface area (TPSA) is 68.0 Å². The number of thioether (sulfide) groups is 2. The first-order valence-electron chi connectivity index (χ1n) is 6.09. The van der Waals surface area contributed by atoms with Crippen molar-refractivity contribution in [3.63, 3.8) is 0 Å². The highest BCUT2D eigenvalue weighted by molar-refractivity contribution is 7.99. The van der Waals surface area contributed by atoms with Gasteiger partial charge in [0.1, 0.15) is 5.82 Å². The smallest absolute Gasteiger partial charge is 0.313 e. The molecule has 2 aromatic rings. The quantitative estimate of drug-likeness (QED) is 0.828. The highest BCUT2D eigenvalue weighted by Crippen LogP contribution is 2.24. The average Bonchev–Trinajstić information content (AvgIpc) is 2.88. The van der Waals surface area contributed by atoms with Crippen molar-refractivity contribution in [1.82, 2.24) is 14.8 Å². The van der Waals surface area contributed by atoms with Gasteiger partial charge in [-0.3, -0.25) is 9.36 Å². The van der Waals surface area contributed by atoms with Gasteiger partial charge >= 0.3 is 5.97 Å². The lowest BCUT2D eigenvalue weighted by Gasteiger charge is -2.09. The first kappa shape index (κ1) is 14.9. The van der Waals surface area contributed by atoms with Gasteiger partial charge in [0.15, 0.2) is 5.16 Å². The Labute approximate surface area is 125 Å². The molecule has 0 saturated heterocycles. The highest BCUT2D eigenvalue weighted by Gasteiger charge is 2.14. The van der Waals surface area contributed by atoms with Crippen molar-refractivity contribution in [2.45, 2.75) is 23.4 Å². The van der Waals surface area contributed by atoms with Crippen molar-refractivity contribution in [3.8, 4) is 5.69 Å². The summed E-state index contributed by atoms with van der Waals surface area (Å²) in [5, 5.41) is 17.6. The third kappa shape index (κ3) is 3.34. The Morgan fingerprint density at radius 2 is 2.00 bits per heavy atom. The molecule has 1 heterocycles. The summed E-state index contributed by atoms with van der Waals surface area (Å²) in [5.74, 6) is -0.0554. The lowest BCUT2D eigenvalue weighted by atomic mass is 10.3. The largest absolute Gasteiger partial charge is 0.481 e. The van der Waals surface area contributed by atoms with Gasteiger partial charge in [0.2, 0.25) is 0 Å². The number of benzene rings is 1. The Hall–Kier alpha value is -1.47. The third-order valence-electron chi connectivity index (χ3n) is 2.67. The monoisotopic (exact) mass is 309 g/mol. The van der Waals surface area contributed by atoms with Crippen LogP contribution in [0.5, 0.6) is 0 Å². The van der Waals surface area contributed by atoms with E-state index in [-0.39, 0.29) is 5.75 Å². The van der Waals surface area contributed by atoms with E-state index in [0.29, 0.717) is 5.16 Å². The molecular weight excluding hydrogens is 294 g/mol. The summed E-state index contributed by atoms with van der Waals surface area (Å²) in [6.07, 6.45) is 2.77. The zero-order chi connectivity index (χ0) is 14.5. The maximum Gasteiger partial charge on any atom is 0.313 e. The summed E-state index contributed by atoms with van der Waals surface area (Å²) in [4.78, 5) is 11.9. The molecule has 7 heteroatoms. The number of aliphatic carboxylic acids is 1. The van der Waals surface area contributed by atoms with E-state index in [1.54, 1.807) is 11.8 Å². The van der Waals surface area contributed by atoms with Gasteiger partial charge < -0.3 is 5.11 Å². The van der Waals surface area contributed by atoms with Crippen molar-refractivity contribution < 1.29 is 9.90 Å². The van der Waals surface area contributed by atoms with Crippen LogP contribution < -0.4 is 0 Å². The minimum absolute atomic E-state index is 0.0231. The third-order valence-corrected chi connectivity index (χ3v) is 4.33. The Morgan fingerprint density at radius 1 is 1.30 bits per heavy atom. The molecule has 20 heavy (non-hydrogen) atoms. The van der Waals surface area contributed by atoms with Gasteiger partial charge in [0.05, 0.1) is 5.75 Å². The predicted octanol–water partition coefficient (Wildman–Crippen LogP) is 2.73. The fraction of sp³-hybridized carbons (Fsp3) is 0.308. The molecule has 2 rings (SSSR count). The van der Waals surface area contributed by atoms with Gasteiger partial charge in [0, 0.05) is 17.0 Å². The number of hydrogen-bond donors (Lipinski definition) is 1. The molecule has 0 radical (unpaired) electrons. The van der Waals surface area contributed by atoms with Crippen LogP contribution in [0.15, 0.2) is 34.3 Å². The van der Waals surface area contributed by atoms with Gasteiger partial charge in [-0.15, -0.1) is 22.0 Å². The van der Waals surface area contributed by atoms with Crippen LogP contribution in [0.1, 0.15) is 12.7 Å². The number of hydrogen-bond acceptors (Lipinski definition) is 5. The van der Waals surface area contributed by atoms with Crippen molar-refractivity contribution in [3.05, 3.63) is 30.1 Å².